The monoisotopic (exact) mass is 265 g/mol. The van der Waals surface area contributed by atoms with Crippen LogP contribution in [0.15, 0.2) is 18.3 Å². The molecule has 0 aromatic carbocycles. The fraction of sp³-hybridized carbons (Fsp3) is 0.667. The van der Waals surface area contributed by atoms with Crippen LogP contribution in [0, 0.1) is 11.7 Å². The van der Waals surface area contributed by atoms with E-state index in [0.29, 0.717) is 12.0 Å². The summed E-state index contributed by atoms with van der Waals surface area (Å²) < 4.78 is 12.9. The van der Waals surface area contributed by atoms with Crippen LogP contribution in [-0.4, -0.2) is 29.0 Å². The van der Waals surface area contributed by atoms with Crippen LogP contribution in [0.4, 0.5) is 4.39 Å². The predicted octanol–water partition coefficient (Wildman–Crippen LogP) is 2.73. The van der Waals surface area contributed by atoms with Crippen LogP contribution < -0.4 is 5.73 Å². The first-order valence-electron chi connectivity index (χ1n) is 7.23. The van der Waals surface area contributed by atoms with Gasteiger partial charge in [0, 0.05) is 12.6 Å². The summed E-state index contributed by atoms with van der Waals surface area (Å²) in [4.78, 5) is 6.63. The number of nitrogens with zero attached hydrogens (tertiary/aromatic N) is 2. The van der Waals surface area contributed by atoms with E-state index < -0.39 is 0 Å². The molecule has 2 N–H and O–H groups in total. The smallest absolute Gasteiger partial charge is 0.141 e. The van der Waals surface area contributed by atoms with Gasteiger partial charge in [0.2, 0.25) is 0 Å². The van der Waals surface area contributed by atoms with E-state index in [0.717, 1.165) is 12.2 Å². The highest BCUT2D eigenvalue weighted by atomic mass is 19.1. The van der Waals surface area contributed by atoms with Crippen LogP contribution in [0.2, 0.25) is 0 Å². The SMILES string of the molecule is CCC1CCCN1CC(C)C(N)c1ccc(F)cn1. The molecule has 1 aromatic rings. The van der Waals surface area contributed by atoms with Gasteiger partial charge in [-0.3, -0.25) is 4.98 Å². The maximum Gasteiger partial charge on any atom is 0.141 e. The number of nitrogens with two attached hydrogens (primary N) is 1. The van der Waals surface area contributed by atoms with Crippen molar-refractivity contribution in [1.29, 1.82) is 0 Å². The molecule has 1 aromatic heterocycles. The molecule has 4 heteroatoms. The average Bonchev–Trinajstić information content (AvgIpc) is 2.86. The van der Waals surface area contributed by atoms with Gasteiger partial charge in [-0.25, -0.2) is 4.39 Å². The van der Waals surface area contributed by atoms with Gasteiger partial charge >= 0.3 is 0 Å². The molecule has 2 heterocycles. The quantitative estimate of drug-likeness (QED) is 0.890. The lowest BCUT2D eigenvalue weighted by molar-refractivity contribution is 0.202. The van der Waals surface area contributed by atoms with Crippen molar-refractivity contribution in [2.75, 3.05) is 13.1 Å². The summed E-state index contributed by atoms with van der Waals surface area (Å²) in [6.07, 6.45) is 5.03. The second kappa shape index (κ2) is 6.44. The van der Waals surface area contributed by atoms with Crippen LogP contribution >= 0.6 is 0 Å². The standard InChI is InChI=1S/C15H24FN3/c1-3-13-5-4-8-19(13)10-11(2)15(17)14-7-6-12(16)9-18-14/h6-7,9,11,13,15H,3-5,8,10,17H2,1-2H3. The second-order valence-electron chi connectivity index (χ2n) is 5.60. The molecule has 2 rings (SSSR count). The largest absolute Gasteiger partial charge is 0.322 e. The van der Waals surface area contributed by atoms with E-state index in [9.17, 15) is 4.39 Å². The summed E-state index contributed by atoms with van der Waals surface area (Å²) in [5.41, 5.74) is 7.02. The molecular formula is C15H24FN3. The van der Waals surface area contributed by atoms with Gasteiger partial charge in [0.25, 0.3) is 0 Å². The Morgan fingerprint density at radius 1 is 1.53 bits per heavy atom. The zero-order chi connectivity index (χ0) is 13.8. The zero-order valence-corrected chi connectivity index (χ0v) is 11.8. The summed E-state index contributed by atoms with van der Waals surface area (Å²) in [5, 5.41) is 0. The van der Waals surface area contributed by atoms with Gasteiger partial charge in [-0.1, -0.05) is 13.8 Å². The highest BCUT2D eigenvalue weighted by molar-refractivity contribution is 5.10. The van der Waals surface area contributed by atoms with Gasteiger partial charge in [-0.2, -0.15) is 0 Å². The Morgan fingerprint density at radius 2 is 2.32 bits per heavy atom. The number of pyridine rings is 1. The Balaban J connectivity index is 1.95. The summed E-state index contributed by atoms with van der Waals surface area (Å²) in [6, 6.07) is 3.70. The molecule has 0 bridgehead atoms. The molecule has 19 heavy (non-hydrogen) atoms. The molecular weight excluding hydrogens is 241 g/mol. The van der Waals surface area contributed by atoms with Crippen molar-refractivity contribution in [3.8, 4) is 0 Å². The minimum Gasteiger partial charge on any atom is -0.322 e. The zero-order valence-electron chi connectivity index (χ0n) is 11.8. The van der Waals surface area contributed by atoms with E-state index in [1.165, 1.54) is 38.1 Å². The summed E-state index contributed by atoms with van der Waals surface area (Å²) >= 11 is 0. The maximum absolute atomic E-state index is 12.9. The van der Waals surface area contributed by atoms with Gasteiger partial charge in [-0.05, 0) is 43.9 Å². The molecule has 1 fully saturated rings. The molecule has 0 spiro atoms. The lowest BCUT2D eigenvalue weighted by Gasteiger charge is -2.29. The Hall–Kier alpha value is -1.00. The number of rotatable bonds is 5. The van der Waals surface area contributed by atoms with Crippen molar-refractivity contribution >= 4 is 0 Å². The van der Waals surface area contributed by atoms with Gasteiger partial charge in [0.1, 0.15) is 5.82 Å². The molecule has 1 aliphatic heterocycles. The van der Waals surface area contributed by atoms with Crippen LogP contribution in [0.25, 0.3) is 0 Å². The van der Waals surface area contributed by atoms with E-state index in [2.05, 4.69) is 23.7 Å². The Kier molecular flexibility index (Phi) is 4.88. The number of hydrogen-bond acceptors (Lipinski definition) is 3. The van der Waals surface area contributed by atoms with Gasteiger partial charge < -0.3 is 10.6 Å². The Labute approximate surface area is 115 Å². The van der Waals surface area contributed by atoms with Crippen molar-refractivity contribution < 1.29 is 4.39 Å². The van der Waals surface area contributed by atoms with E-state index in [4.69, 9.17) is 5.73 Å². The topological polar surface area (TPSA) is 42.1 Å². The van der Waals surface area contributed by atoms with E-state index >= 15 is 0 Å². The van der Waals surface area contributed by atoms with Gasteiger partial charge in [0.05, 0.1) is 17.9 Å². The minimum absolute atomic E-state index is 0.126. The summed E-state index contributed by atoms with van der Waals surface area (Å²) in [7, 11) is 0. The third kappa shape index (κ3) is 3.51. The first-order chi connectivity index (χ1) is 9.11. The molecule has 0 aliphatic carbocycles. The van der Waals surface area contributed by atoms with Crippen molar-refractivity contribution in [2.24, 2.45) is 11.7 Å². The first-order valence-corrected chi connectivity index (χ1v) is 7.23. The van der Waals surface area contributed by atoms with Crippen LogP contribution in [-0.2, 0) is 0 Å². The van der Waals surface area contributed by atoms with Gasteiger partial charge in [-0.15, -0.1) is 0 Å². The van der Waals surface area contributed by atoms with Crippen molar-refractivity contribution in [1.82, 2.24) is 9.88 Å². The summed E-state index contributed by atoms with van der Waals surface area (Å²) in [6.45, 7) is 6.57. The molecule has 0 amide bonds. The normalized spacial score (nSPS) is 23.5. The average molecular weight is 265 g/mol. The Morgan fingerprint density at radius 3 is 2.95 bits per heavy atom. The third-order valence-corrected chi connectivity index (χ3v) is 4.20. The molecule has 3 nitrogen and oxygen atoms in total. The van der Waals surface area contributed by atoms with Crippen LogP contribution in [0.3, 0.4) is 0 Å². The lowest BCUT2D eigenvalue weighted by atomic mass is 9.98. The van der Waals surface area contributed by atoms with E-state index in [1.807, 2.05) is 0 Å². The van der Waals surface area contributed by atoms with Crippen LogP contribution in [0.1, 0.15) is 44.8 Å². The number of aromatic nitrogens is 1. The fourth-order valence-corrected chi connectivity index (χ4v) is 2.96. The molecule has 1 saturated heterocycles. The predicted molar refractivity (Wildman–Crippen MR) is 75.2 cm³/mol. The minimum atomic E-state index is -0.311. The second-order valence-corrected chi connectivity index (χ2v) is 5.60. The number of hydrogen-bond donors (Lipinski definition) is 1. The number of likely N-dealkylation sites (tertiary alicyclic amines) is 1. The molecule has 3 atom stereocenters. The molecule has 0 radical (unpaired) electrons. The maximum atomic E-state index is 12.9. The number of halogens is 1. The molecule has 1 aliphatic rings. The lowest BCUT2D eigenvalue weighted by Crippen LogP contribution is -2.36. The molecule has 106 valence electrons. The van der Waals surface area contributed by atoms with Crippen molar-refractivity contribution in [3.05, 3.63) is 29.8 Å². The fourth-order valence-electron chi connectivity index (χ4n) is 2.96. The van der Waals surface area contributed by atoms with Crippen LogP contribution in [0.5, 0.6) is 0 Å². The molecule has 3 unspecified atom stereocenters. The Bertz CT molecular complexity index is 393. The highest BCUT2D eigenvalue weighted by Crippen LogP contribution is 2.25. The van der Waals surface area contributed by atoms with Crippen molar-refractivity contribution in [3.63, 3.8) is 0 Å². The van der Waals surface area contributed by atoms with E-state index in [1.54, 1.807) is 6.07 Å². The van der Waals surface area contributed by atoms with Crippen molar-refractivity contribution in [2.45, 2.75) is 45.2 Å². The first kappa shape index (κ1) is 14.4. The summed E-state index contributed by atoms with van der Waals surface area (Å²) in [5.74, 6) is 0.0132. The third-order valence-electron chi connectivity index (χ3n) is 4.20. The van der Waals surface area contributed by atoms with E-state index in [-0.39, 0.29) is 11.9 Å². The molecule has 0 saturated carbocycles. The van der Waals surface area contributed by atoms with Gasteiger partial charge in [0.15, 0.2) is 0 Å². The highest BCUT2D eigenvalue weighted by Gasteiger charge is 2.26.